The van der Waals surface area contributed by atoms with Crippen molar-refractivity contribution in [1.82, 2.24) is 10.6 Å². The first-order valence-electron chi connectivity index (χ1n) is 20.2. The van der Waals surface area contributed by atoms with Gasteiger partial charge < -0.3 is 44.5 Å². The summed E-state index contributed by atoms with van der Waals surface area (Å²) in [5, 5.41) is 5.74. The lowest BCUT2D eigenvalue weighted by Crippen LogP contribution is -2.42. The molecule has 0 fully saturated rings. The van der Waals surface area contributed by atoms with Crippen molar-refractivity contribution in [2.75, 3.05) is 81.6 Å². The van der Waals surface area contributed by atoms with Gasteiger partial charge >= 0.3 is 0 Å². The Bertz CT molecular complexity index is 2090. The van der Waals surface area contributed by atoms with Crippen molar-refractivity contribution in [2.45, 2.75) is 32.7 Å². The summed E-state index contributed by atoms with van der Waals surface area (Å²) in [4.78, 5) is 63.6. The average Bonchev–Trinajstić information content (AvgIpc) is 3.30. The highest BCUT2D eigenvalue weighted by Gasteiger charge is 2.20. The summed E-state index contributed by atoms with van der Waals surface area (Å²) in [6, 6.07) is 40.2. The number of ether oxygens (including phenoxy) is 2. The number of likely N-dealkylation sites (N-methyl/N-ethyl adjacent to an activating group) is 1. The minimum Gasteiger partial charge on any atom is -0.497 e. The number of rotatable bonds is 18. The molecule has 0 heterocycles. The lowest BCUT2D eigenvalue weighted by Gasteiger charge is -2.27. The Kier molecular flexibility index (Phi) is 24.4. The summed E-state index contributed by atoms with van der Waals surface area (Å²) in [5.41, 5.74) is 5.47. The number of nitrogens with one attached hydrogen (secondary N) is 2. The molecule has 2 N–H and O–H groups in total. The maximum absolute atomic E-state index is 12.6. The van der Waals surface area contributed by atoms with Crippen LogP contribution in [0.1, 0.15) is 25.0 Å². The quantitative estimate of drug-likeness (QED) is 0.0883. The van der Waals surface area contributed by atoms with E-state index in [2.05, 4.69) is 46.7 Å². The van der Waals surface area contributed by atoms with Gasteiger partial charge in [-0.2, -0.15) is 0 Å². The van der Waals surface area contributed by atoms with Gasteiger partial charge in [-0.05, 0) is 97.6 Å². The van der Waals surface area contributed by atoms with E-state index in [1.54, 1.807) is 51.4 Å². The van der Waals surface area contributed by atoms with Crippen LogP contribution in [0.5, 0.6) is 11.5 Å². The average molecular weight is 882 g/mol. The molecule has 0 saturated heterocycles. The van der Waals surface area contributed by atoms with Crippen LogP contribution in [0.15, 0.2) is 127 Å². The van der Waals surface area contributed by atoms with Crippen molar-refractivity contribution < 1.29 is 33.4 Å². The second-order valence-corrected chi connectivity index (χ2v) is 14.6. The Balaban J connectivity index is 0.000000353. The van der Waals surface area contributed by atoms with Gasteiger partial charge in [0.2, 0.25) is 24.6 Å². The monoisotopic (exact) mass is 880 g/mol. The molecule has 336 valence electrons. The first-order valence-corrected chi connectivity index (χ1v) is 20.6. The molecule has 5 aromatic carbocycles. The number of aryl methyl sites for hydroxylation is 1. The van der Waals surface area contributed by atoms with Crippen molar-refractivity contribution in [1.29, 1.82) is 0 Å². The van der Waals surface area contributed by atoms with E-state index in [1.807, 2.05) is 106 Å². The van der Waals surface area contributed by atoms with Crippen LogP contribution in [-0.4, -0.2) is 99.0 Å². The zero-order chi connectivity index (χ0) is 46.6. The fourth-order valence-electron chi connectivity index (χ4n) is 5.71. The number of halogens is 1. The maximum Gasteiger partial charge on any atom is 0.240 e. The Morgan fingerprint density at radius 2 is 1.21 bits per heavy atom. The van der Waals surface area contributed by atoms with Crippen LogP contribution < -0.4 is 39.7 Å². The van der Waals surface area contributed by atoms with Gasteiger partial charge in [0.25, 0.3) is 0 Å². The Labute approximate surface area is 377 Å². The summed E-state index contributed by atoms with van der Waals surface area (Å²) in [7, 11) is 10.7. The van der Waals surface area contributed by atoms with Crippen molar-refractivity contribution in [2.24, 2.45) is 0 Å². The predicted octanol–water partition coefficient (Wildman–Crippen LogP) is 7.10. The minimum absolute atomic E-state index is 0.0462. The topological polar surface area (TPSA) is 141 Å². The van der Waals surface area contributed by atoms with Crippen LogP contribution in [0.4, 0.5) is 22.7 Å². The lowest BCUT2D eigenvalue weighted by molar-refractivity contribution is -0.121. The number of amides is 4. The molecular weight excluding hydrogens is 820 g/mol. The molecule has 63 heavy (non-hydrogen) atoms. The Morgan fingerprint density at radius 1 is 0.667 bits per heavy atom. The second-order valence-electron chi connectivity index (χ2n) is 14.2. The summed E-state index contributed by atoms with van der Waals surface area (Å²) in [6.07, 6.45) is 3.71. The number of methoxy groups -OCH3 is 2. The number of carbonyl (C=O) groups is 5. The summed E-state index contributed by atoms with van der Waals surface area (Å²) < 4.78 is 10.0. The Morgan fingerprint density at radius 3 is 1.67 bits per heavy atom. The molecule has 0 saturated carbocycles. The highest BCUT2D eigenvalue weighted by Crippen LogP contribution is 2.31. The van der Waals surface area contributed by atoms with E-state index in [-0.39, 0.29) is 37.5 Å². The molecule has 5 aromatic rings. The number of anilines is 4. The molecule has 13 nitrogen and oxygen atoms in total. The van der Waals surface area contributed by atoms with Crippen molar-refractivity contribution in [3.63, 3.8) is 0 Å². The maximum atomic E-state index is 12.6. The predicted molar refractivity (Wildman–Crippen MR) is 256 cm³/mol. The molecule has 0 aliphatic rings. The van der Waals surface area contributed by atoms with Gasteiger partial charge in [0, 0.05) is 50.6 Å². The highest BCUT2D eigenvalue weighted by atomic mass is 35.5. The second kappa shape index (κ2) is 29.4. The van der Waals surface area contributed by atoms with E-state index in [9.17, 15) is 24.0 Å². The number of hydrogen-bond donors (Lipinski definition) is 2. The minimum atomic E-state index is -0.356. The lowest BCUT2D eigenvalue weighted by atomic mass is 10.1. The molecule has 4 amide bonds. The molecule has 0 aliphatic heterocycles. The molecule has 1 unspecified atom stereocenters. The first kappa shape index (κ1) is 52.3. The fourth-order valence-corrected chi connectivity index (χ4v) is 5.87. The molecule has 0 bridgehead atoms. The third-order valence-corrected chi connectivity index (χ3v) is 9.37. The standard InChI is InChI=1S/C23H27ClN4O4.C9H11NO2.C9H13NO.C8H10/c1-17(12-18-6-4-3-5-7-18)26-23(32)15-28(16-30)21-13-19(24)8-9-20(21)27(2)14-22(31)25-10-11-29;1-10(7-11)8-3-5-9(12-2)6-4-8;1-10(2)8-4-6-9(11-3)7-5-8;1-2-8-6-4-3-5-7-8/h3-9,11,13,16-17H,10,12,14-15H2,1-2H3,(H,25,31)(H,26,32);3-7H,1-2H3;4-7H,1-3H3;3-7H,2H2,1H3. The van der Waals surface area contributed by atoms with Crippen molar-refractivity contribution >= 4 is 65.3 Å². The van der Waals surface area contributed by atoms with Crippen LogP contribution in [0.25, 0.3) is 0 Å². The molecule has 0 spiro atoms. The van der Waals surface area contributed by atoms with Gasteiger partial charge in [-0.25, -0.2) is 0 Å². The number of benzene rings is 5. The van der Waals surface area contributed by atoms with Gasteiger partial charge in [0.05, 0.1) is 38.7 Å². The summed E-state index contributed by atoms with van der Waals surface area (Å²) in [5.74, 6) is 1.01. The van der Waals surface area contributed by atoms with Crippen LogP contribution in [-0.2, 0) is 36.8 Å². The van der Waals surface area contributed by atoms with Crippen LogP contribution in [0.3, 0.4) is 0 Å². The fraction of sp³-hybridized carbons (Fsp3) is 0.286. The largest absolute Gasteiger partial charge is 0.497 e. The van der Waals surface area contributed by atoms with Gasteiger partial charge in [0.1, 0.15) is 24.3 Å². The molecule has 1 atom stereocenters. The van der Waals surface area contributed by atoms with Crippen LogP contribution in [0, 0.1) is 0 Å². The number of carbonyl (C=O) groups excluding carboxylic acids is 5. The highest BCUT2D eigenvalue weighted by molar-refractivity contribution is 6.31. The van der Waals surface area contributed by atoms with Crippen molar-refractivity contribution in [3.05, 3.63) is 144 Å². The van der Waals surface area contributed by atoms with E-state index in [4.69, 9.17) is 21.1 Å². The SMILES string of the molecule is CC(Cc1ccccc1)NC(=O)CN(C=O)c1cc(Cl)ccc1N(C)CC(=O)NCC=O.CCc1ccccc1.COc1ccc(N(C)C)cc1.COc1ccc(N(C)C=O)cc1. The van der Waals surface area contributed by atoms with E-state index in [0.29, 0.717) is 35.5 Å². The molecule has 5 rings (SSSR count). The molecule has 14 heteroatoms. The number of aldehydes is 1. The van der Waals surface area contributed by atoms with Crippen LogP contribution in [0.2, 0.25) is 5.02 Å². The van der Waals surface area contributed by atoms with Crippen LogP contribution >= 0.6 is 11.6 Å². The Hall–Kier alpha value is -6.86. The first-order chi connectivity index (χ1) is 30.3. The summed E-state index contributed by atoms with van der Waals surface area (Å²) >= 11 is 6.13. The molecule has 0 aliphatic carbocycles. The van der Waals surface area contributed by atoms with Gasteiger partial charge in [-0.3, -0.25) is 19.2 Å². The van der Waals surface area contributed by atoms with E-state index in [0.717, 1.165) is 35.6 Å². The molecule has 0 aromatic heterocycles. The normalized spacial score (nSPS) is 10.2. The third-order valence-electron chi connectivity index (χ3n) is 9.13. The zero-order valence-electron chi connectivity index (χ0n) is 37.5. The number of nitrogens with zero attached hydrogens (tertiary/aromatic N) is 4. The van der Waals surface area contributed by atoms with Gasteiger partial charge in [0.15, 0.2) is 0 Å². The molecule has 0 radical (unpaired) electrons. The van der Waals surface area contributed by atoms with Crippen molar-refractivity contribution in [3.8, 4) is 11.5 Å². The van der Waals surface area contributed by atoms with E-state index >= 15 is 0 Å². The van der Waals surface area contributed by atoms with E-state index in [1.165, 1.54) is 21.1 Å². The molecular formula is C49H61ClN6O7. The van der Waals surface area contributed by atoms with Gasteiger partial charge in [-0.1, -0.05) is 79.2 Å². The summed E-state index contributed by atoms with van der Waals surface area (Å²) in [6.45, 7) is 3.72. The van der Waals surface area contributed by atoms with Gasteiger partial charge in [-0.15, -0.1) is 0 Å². The third kappa shape index (κ3) is 20.0. The smallest absolute Gasteiger partial charge is 0.240 e. The zero-order valence-corrected chi connectivity index (χ0v) is 38.2. The van der Waals surface area contributed by atoms with E-state index < -0.39 is 0 Å². The number of hydrogen-bond acceptors (Lipinski definition) is 9.